The van der Waals surface area contributed by atoms with Crippen molar-refractivity contribution in [1.29, 1.82) is 0 Å². The summed E-state index contributed by atoms with van der Waals surface area (Å²) in [6.45, 7) is 9.00. The topological polar surface area (TPSA) is 51.4 Å². The molecule has 1 aromatic rings. The SMILES string of the molecule is COC1(C)CCCN(c2cc(CN)cc(C(C)C)n2)C1. The van der Waals surface area contributed by atoms with Crippen LogP contribution in [0.5, 0.6) is 0 Å². The van der Waals surface area contributed by atoms with Gasteiger partial charge in [-0.15, -0.1) is 0 Å². The van der Waals surface area contributed by atoms with E-state index in [4.69, 9.17) is 15.5 Å². The molecule has 112 valence electrons. The number of pyridine rings is 1. The molecule has 2 rings (SSSR count). The lowest BCUT2D eigenvalue weighted by Crippen LogP contribution is -2.47. The Morgan fingerprint density at radius 2 is 2.20 bits per heavy atom. The van der Waals surface area contributed by atoms with Gasteiger partial charge in [0.2, 0.25) is 0 Å². The van der Waals surface area contributed by atoms with E-state index in [1.807, 2.05) is 0 Å². The van der Waals surface area contributed by atoms with E-state index < -0.39 is 0 Å². The maximum atomic E-state index is 5.83. The number of aromatic nitrogens is 1. The molecule has 2 N–H and O–H groups in total. The zero-order valence-corrected chi connectivity index (χ0v) is 13.1. The minimum atomic E-state index is -0.0728. The van der Waals surface area contributed by atoms with Crippen LogP contribution in [-0.2, 0) is 11.3 Å². The third-order valence-electron chi connectivity index (χ3n) is 4.19. The highest BCUT2D eigenvalue weighted by Crippen LogP contribution is 2.28. The van der Waals surface area contributed by atoms with Gasteiger partial charge in [0.1, 0.15) is 5.82 Å². The molecule has 1 fully saturated rings. The Kier molecular flexibility index (Phi) is 4.66. The first kappa shape index (κ1) is 15.3. The van der Waals surface area contributed by atoms with E-state index in [9.17, 15) is 0 Å². The third kappa shape index (κ3) is 3.30. The normalized spacial score (nSPS) is 23.4. The van der Waals surface area contributed by atoms with Gasteiger partial charge in [0, 0.05) is 32.4 Å². The van der Waals surface area contributed by atoms with Gasteiger partial charge in [-0.25, -0.2) is 4.98 Å². The zero-order chi connectivity index (χ0) is 14.8. The fraction of sp³-hybridized carbons (Fsp3) is 0.688. The molecule has 1 aliphatic rings. The minimum Gasteiger partial charge on any atom is -0.377 e. The number of methoxy groups -OCH3 is 1. The van der Waals surface area contributed by atoms with Crippen LogP contribution in [0.1, 0.15) is 50.8 Å². The van der Waals surface area contributed by atoms with Gasteiger partial charge in [-0.2, -0.15) is 0 Å². The van der Waals surface area contributed by atoms with Crippen molar-refractivity contribution >= 4 is 5.82 Å². The molecule has 0 amide bonds. The van der Waals surface area contributed by atoms with Crippen molar-refractivity contribution < 1.29 is 4.74 Å². The summed E-state index contributed by atoms with van der Waals surface area (Å²) in [4.78, 5) is 7.15. The first-order valence-electron chi connectivity index (χ1n) is 7.48. The maximum Gasteiger partial charge on any atom is 0.129 e. The molecule has 1 saturated heterocycles. The Balaban J connectivity index is 2.29. The number of anilines is 1. The number of hydrogen-bond donors (Lipinski definition) is 1. The van der Waals surface area contributed by atoms with Crippen LogP contribution in [0.2, 0.25) is 0 Å². The minimum absolute atomic E-state index is 0.0728. The standard InChI is InChI=1S/C16H27N3O/c1-12(2)14-8-13(10-17)9-15(18-14)19-7-5-6-16(3,11-19)20-4/h8-9,12H,5-7,10-11,17H2,1-4H3. The Hall–Kier alpha value is -1.13. The van der Waals surface area contributed by atoms with Crippen LogP contribution in [0, 0.1) is 0 Å². The van der Waals surface area contributed by atoms with Crippen molar-refractivity contribution in [1.82, 2.24) is 4.98 Å². The molecule has 1 unspecified atom stereocenters. The van der Waals surface area contributed by atoms with E-state index in [0.29, 0.717) is 12.5 Å². The van der Waals surface area contributed by atoms with Crippen LogP contribution in [0.4, 0.5) is 5.82 Å². The molecule has 4 heteroatoms. The summed E-state index contributed by atoms with van der Waals surface area (Å²) >= 11 is 0. The molecule has 4 nitrogen and oxygen atoms in total. The van der Waals surface area contributed by atoms with Gasteiger partial charge < -0.3 is 15.4 Å². The van der Waals surface area contributed by atoms with Gasteiger partial charge in [-0.1, -0.05) is 13.8 Å². The summed E-state index contributed by atoms with van der Waals surface area (Å²) < 4.78 is 5.67. The molecule has 1 atom stereocenters. The molecule has 0 bridgehead atoms. The molecule has 1 aliphatic heterocycles. The average Bonchev–Trinajstić information content (AvgIpc) is 2.46. The predicted molar refractivity (Wildman–Crippen MR) is 83.1 cm³/mol. The predicted octanol–water partition coefficient (Wildman–Crippen LogP) is 2.67. The first-order valence-corrected chi connectivity index (χ1v) is 7.48. The van der Waals surface area contributed by atoms with Gasteiger partial charge in [0.15, 0.2) is 0 Å². The van der Waals surface area contributed by atoms with E-state index >= 15 is 0 Å². The highest BCUT2D eigenvalue weighted by Gasteiger charge is 2.31. The quantitative estimate of drug-likeness (QED) is 0.919. The third-order valence-corrected chi connectivity index (χ3v) is 4.19. The Morgan fingerprint density at radius 3 is 2.80 bits per heavy atom. The van der Waals surface area contributed by atoms with E-state index in [-0.39, 0.29) is 5.60 Å². The highest BCUT2D eigenvalue weighted by atomic mass is 16.5. The molecule has 0 spiro atoms. The molecule has 0 aliphatic carbocycles. The summed E-state index contributed by atoms with van der Waals surface area (Å²) in [5.74, 6) is 1.46. The number of hydrogen-bond acceptors (Lipinski definition) is 4. The van der Waals surface area contributed by atoms with Crippen molar-refractivity contribution in [2.75, 3.05) is 25.1 Å². The number of nitrogens with two attached hydrogens (primary N) is 1. The second-order valence-corrected chi connectivity index (χ2v) is 6.30. The monoisotopic (exact) mass is 277 g/mol. The molecule has 20 heavy (non-hydrogen) atoms. The summed E-state index contributed by atoms with van der Waals surface area (Å²) in [5, 5.41) is 0. The molecular weight excluding hydrogens is 250 g/mol. The van der Waals surface area contributed by atoms with Gasteiger partial charge in [0.05, 0.1) is 5.60 Å². The number of piperidine rings is 1. The Morgan fingerprint density at radius 1 is 1.45 bits per heavy atom. The van der Waals surface area contributed by atoms with Crippen LogP contribution in [-0.4, -0.2) is 30.8 Å². The van der Waals surface area contributed by atoms with Crippen molar-refractivity contribution in [2.45, 2.75) is 51.7 Å². The lowest BCUT2D eigenvalue weighted by Gasteiger charge is -2.40. The van der Waals surface area contributed by atoms with Gasteiger partial charge in [-0.05, 0) is 43.4 Å². The lowest BCUT2D eigenvalue weighted by molar-refractivity contribution is -0.00482. The van der Waals surface area contributed by atoms with Crippen molar-refractivity contribution in [2.24, 2.45) is 5.73 Å². The average molecular weight is 277 g/mol. The maximum absolute atomic E-state index is 5.83. The first-order chi connectivity index (χ1) is 9.47. The summed E-state index contributed by atoms with van der Waals surface area (Å²) in [6.07, 6.45) is 2.24. The van der Waals surface area contributed by atoms with E-state index in [1.165, 1.54) is 0 Å². The second-order valence-electron chi connectivity index (χ2n) is 6.30. The van der Waals surface area contributed by atoms with Crippen LogP contribution in [0.3, 0.4) is 0 Å². The van der Waals surface area contributed by atoms with E-state index in [2.05, 4.69) is 37.8 Å². The van der Waals surface area contributed by atoms with Crippen molar-refractivity contribution in [3.05, 3.63) is 23.4 Å². The molecule has 2 heterocycles. The van der Waals surface area contributed by atoms with Crippen LogP contribution in [0.15, 0.2) is 12.1 Å². The molecule has 0 saturated carbocycles. The lowest BCUT2D eigenvalue weighted by atomic mass is 9.94. The fourth-order valence-electron chi connectivity index (χ4n) is 2.74. The van der Waals surface area contributed by atoms with Gasteiger partial charge >= 0.3 is 0 Å². The van der Waals surface area contributed by atoms with Crippen molar-refractivity contribution in [3.63, 3.8) is 0 Å². The second kappa shape index (κ2) is 6.10. The van der Waals surface area contributed by atoms with Gasteiger partial charge in [0.25, 0.3) is 0 Å². The molecular formula is C16H27N3O. The Labute approximate surface area is 122 Å². The highest BCUT2D eigenvalue weighted by molar-refractivity contribution is 5.44. The Bertz CT molecular complexity index is 461. The molecule has 0 radical (unpaired) electrons. The molecule has 1 aromatic heterocycles. The smallest absolute Gasteiger partial charge is 0.129 e. The van der Waals surface area contributed by atoms with Crippen LogP contribution >= 0.6 is 0 Å². The summed E-state index contributed by atoms with van der Waals surface area (Å²) in [7, 11) is 1.80. The van der Waals surface area contributed by atoms with Crippen molar-refractivity contribution in [3.8, 4) is 0 Å². The van der Waals surface area contributed by atoms with Gasteiger partial charge in [-0.3, -0.25) is 0 Å². The van der Waals surface area contributed by atoms with E-state index in [1.54, 1.807) is 7.11 Å². The van der Waals surface area contributed by atoms with E-state index in [0.717, 1.165) is 43.0 Å². The molecule has 0 aromatic carbocycles. The number of nitrogens with zero attached hydrogens (tertiary/aromatic N) is 2. The summed E-state index contributed by atoms with van der Waals surface area (Å²) in [5.41, 5.74) is 8.03. The van der Waals surface area contributed by atoms with Crippen LogP contribution < -0.4 is 10.6 Å². The fourth-order valence-corrected chi connectivity index (χ4v) is 2.74. The largest absolute Gasteiger partial charge is 0.377 e. The zero-order valence-electron chi connectivity index (χ0n) is 13.1. The number of ether oxygens (including phenoxy) is 1. The number of rotatable bonds is 4. The van der Waals surface area contributed by atoms with Crippen LogP contribution in [0.25, 0.3) is 0 Å². The summed E-state index contributed by atoms with van der Waals surface area (Å²) in [6, 6.07) is 4.24.